The van der Waals surface area contributed by atoms with Crippen LogP contribution in [0.2, 0.25) is 0 Å². The smallest absolute Gasteiger partial charge is 0.119 e. The van der Waals surface area contributed by atoms with Crippen molar-refractivity contribution in [2.45, 2.75) is 31.2 Å². The van der Waals surface area contributed by atoms with Crippen LogP contribution in [0.1, 0.15) is 30.7 Å². The Hall–Kier alpha value is -1.22. The number of ether oxygens (including phenoxy) is 1. The van der Waals surface area contributed by atoms with Crippen LogP contribution in [0.5, 0.6) is 5.75 Å². The van der Waals surface area contributed by atoms with Gasteiger partial charge in [-0.15, -0.1) is 0 Å². The van der Waals surface area contributed by atoms with E-state index in [1.54, 1.807) is 7.11 Å². The minimum atomic E-state index is 0.642. The fourth-order valence-electron chi connectivity index (χ4n) is 3.13. The van der Waals surface area contributed by atoms with Crippen molar-refractivity contribution in [2.75, 3.05) is 25.5 Å². The third kappa shape index (κ3) is 2.00. The zero-order chi connectivity index (χ0) is 11.7. The van der Waals surface area contributed by atoms with Gasteiger partial charge in [-0.2, -0.15) is 0 Å². The van der Waals surface area contributed by atoms with Gasteiger partial charge in [-0.1, -0.05) is 0 Å². The Labute approximate surface area is 103 Å². The molecule has 0 aromatic heterocycles. The Morgan fingerprint density at radius 1 is 1.24 bits per heavy atom. The van der Waals surface area contributed by atoms with E-state index in [0.717, 1.165) is 12.3 Å². The van der Waals surface area contributed by atoms with E-state index in [0.29, 0.717) is 12.0 Å². The largest absolute Gasteiger partial charge is 0.497 e. The molecule has 3 nitrogen and oxygen atoms in total. The summed E-state index contributed by atoms with van der Waals surface area (Å²) in [6.07, 6.45) is 3.84. The van der Waals surface area contributed by atoms with Crippen molar-refractivity contribution in [3.8, 4) is 5.75 Å². The van der Waals surface area contributed by atoms with Gasteiger partial charge >= 0.3 is 0 Å². The molecule has 2 aliphatic rings. The summed E-state index contributed by atoms with van der Waals surface area (Å²) in [5.74, 6) is 1.61. The first-order valence-corrected chi connectivity index (χ1v) is 6.53. The second kappa shape index (κ2) is 4.57. The van der Waals surface area contributed by atoms with Gasteiger partial charge in [-0.3, -0.25) is 0 Å². The highest BCUT2D eigenvalue weighted by Gasteiger charge is 2.29. The van der Waals surface area contributed by atoms with E-state index in [1.807, 2.05) is 6.07 Å². The molecule has 0 spiro atoms. The van der Waals surface area contributed by atoms with E-state index in [9.17, 15) is 0 Å². The van der Waals surface area contributed by atoms with Gasteiger partial charge in [0.05, 0.1) is 7.11 Å². The SMILES string of the molecule is COc1ccc2c(c1)C(C1CCCN1)CCN2. The molecule has 0 amide bonds. The van der Waals surface area contributed by atoms with E-state index >= 15 is 0 Å². The lowest BCUT2D eigenvalue weighted by molar-refractivity contribution is 0.410. The average molecular weight is 232 g/mol. The summed E-state index contributed by atoms with van der Waals surface area (Å²) in [4.78, 5) is 0. The molecule has 2 aliphatic heterocycles. The second-order valence-corrected chi connectivity index (χ2v) is 4.98. The van der Waals surface area contributed by atoms with Crippen LogP contribution in [0.4, 0.5) is 5.69 Å². The number of benzene rings is 1. The maximum absolute atomic E-state index is 5.34. The predicted molar refractivity (Wildman–Crippen MR) is 69.9 cm³/mol. The lowest BCUT2D eigenvalue weighted by atomic mass is 9.84. The fraction of sp³-hybridized carbons (Fsp3) is 0.571. The number of rotatable bonds is 2. The molecule has 0 radical (unpaired) electrons. The van der Waals surface area contributed by atoms with Gasteiger partial charge in [0.25, 0.3) is 0 Å². The molecule has 1 aromatic carbocycles. The van der Waals surface area contributed by atoms with Crippen LogP contribution in [0, 0.1) is 0 Å². The summed E-state index contributed by atoms with van der Waals surface area (Å²) >= 11 is 0. The molecule has 2 unspecified atom stereocenters. The molecule has 3 rings (SSSR count). The van der Waals surface area contributed by atoms with Crippen molar-refractivity contribution in [2.24, 2.45) is 0 Å². The van der Waals surface area contributed by atoms with Crippen LogP contribution in [0.15, 0.2) is 18.2 Å². The first-order valence-electron chi connectivity index (χ1n) is 6.53. The number of hydrogen-bond acceptors (Lipinski definition) is 3. The summed E-state index contributed by atoms with van der Waals surface area (Å²) in [7, 11) is 1.74. The first kappa shape index (κ1) is 10.9. The predicted octanol–water partition coefficient (Wildman–Crippen LogP) is 2.35. The van der Waals surface area contributed by atoms with Gasteiger partial charge in [0.2, 0.25) is 0 Å². The van der Waals surface area contributed by atoms with Crippen LogP contribution in [0.3, 0.4) is 0 Å². The molecule has 2 N–H and O–H groups in total. The molecular weight excluding hydrogens is 212 g/mol. The van der Waals surface area contributed by atoms with Crippen molar-refractivity contribution in [1.82, 2.24) is 5.32 Å². The van der Waals surface area contributed by atoms with Crippen molar-refractivity contribution in [3.63, 3.8) is 0 Å². The lowest BCUT2D eigenvalue weighted by Crippen LogP contribution is -2.33. The summed E-state index contributed by atoms with van der Waals surface area (Å²) in [6, 6.07) is 7.04. The van der Waals surface area contributed by atoms with Gasteiger partial charge in [-0.05, 0) is 49.6 Å². The Morgan fingerprint density at radius 3 is 2.94 bits per heavy atom. The van der Waals surface area contributed by atoms with E-state index in [1.165, 1.54) is 37.1 Å². The highest BCUT2D eigenvalue weighted by Crippen LogP contribution is 2.38. The van der Waals surface area contributed by atoms with Crippen molar-refractivity contribution >= 4 is 5.69 Å². The minimum absolute atomic E-state index is 0.642. The van der Waals surface area contributed by atoms with E-state index in [-0.39, 0.29) is 0 Å². The molecule has 2 atom stereocenters. The Kier molecular flexibility index (Phi) is 2.93. The molecule has 92 valence electrons. The molecule has 2 heterocycles. The molecule has 1 saturated heterocycles. The molecule has 1 aromatic rings. The van der Waals surface area contributed by atoms with Gasteiger partial charge < -0.3 is 15.4 Å². The summed E-state index contributed by atoms with van der Waals surface area (Å²) < 4.78 is 5.34. The summed E-state index contributed by atoms with van der Waals surface area (Å²) in [6.45, 7) is 2.26. The first-order chi connectivity index (χ1) is 8.38. The average Bonchev–Trinajstić information content (AvgIpc) is 2.91. The highest BCUT2D eigenvalue weighted by molar-refractivity contribution is 5.58. The number of anilines is 1. The van der Waals surface area contributed by atoms with E-state index in [2.05, 4.69) is 22.8 Å². The van der Waals surface area contributed by atoms with Crippen molar-refractivity contribution < 1.29 is 4.74 Å². The summed E-state index contributed by atoms with van der Waals surface area (Å²) in [5, 5.41) is 7.12. The number of fused-ring (bicyclic) bond motifs is 1. The van der Waals surface area contributed by atoms with E-state index in [4.69, 9.17) is 4.74 Å². The van der Waals surface area contributed by atoms with Crippen LogP contribution >= 0.6 is 0 Å². The molecule has 0 bridgehead atoms. The zero-order valence-electron chi connectivity index (χ0n) is 10.3. The molecule has 3 heteroatoms. The Bertz CT molecular complexity index is 399. The maximum atomic E-state index is 5.34. The van der Waals surface area contributed by atoms with Gasteiger partial charge in [-0.25, -0.2) is 0 Å². The quantitative estimate of drug-likeness (QED) is 0.821. The van der Waals surface area contributed by atoms with Crippen LogP contribution < -0.4 is 15.4 Å². The molecule has 0 saturated carbocycles. The van der Waals surface area contributed by atoms with Gasteiger partial charge in [0.15, 0.2) is 0 Å². The Morgan fingerprint density at radius 2 is 2.18 bits per heavy atom. The standard InChI is InChI=1S/C14H20N2O/c1-17-10-4-5-14-12(9-10)11(6-8-16-14)13-3-2-7-15-13/h4-5,9,11,13,15-16H,2-3,6-8H2,1H3. The third-order valence-corrected chi connectivity index (χ3v) is 4.01. The van der Waals surface area contributed by atoms with Crippen LogP contribution in [-0.2, 0) is 0 Å². The Balaban J connectivity index is 1.93. The van der Waals surface area contributed by atoms with Gasteiger partial charge in [0, 0.05) is 24.2 Å². The molecule has 1 fully saturated rings. The highest BCUT2D eigenvalue weighted by atomic mass is 16.5. The summed E-state index contributed by atoms with van der Waals surface area (Å²) in [5.41, 5.74) is 2.71. The molecule has 17 heavy (non-hydrogen) atoms. The van der Waals surface area contributed by atoms with Crippen LogP contribution in [0.25, 0.3) is 0 Å². The number of methoxy groups -OCH3 is 1. The zero-order valence-corrected chi connectivity index (χ0v) is 10.3. The topological polar surface area (TPSA) is 33.3 Å². The normalized spacial score (nSPS) is 27.4. The second-order valence-electron chi connectivity index (χ2n) is 4.98. The number of hydrogen-bond donors (Lipinski definition) is 2. The third-order valence-electron chi connectivity index (χ3n) is 4.01. The maximum Gasteiger partial charge on any atom is 0.119 e. The van der Waals surface area contributed by atoms with Crippen LogP contribution in [-0.4, -0.2) is 26.2 Å². The molecular formula is C14H20N2O. The molecule has 0 aliphatic carbocycles. The monoisotopic (exact) mass is 232 g/mol. The van der Waals surface area contributed by atoms with Crippen molar-refractivity contribution in [1.29, 1.82) is 0 Å². The number of nitrogens with one attached hydrogen (secondary N) is 2. The fourth-order valence-corrected chi connectivity index (χ4v) is 3.13. The van der Waals surface area contributed by atoms with Gasteiger partial charge in [0.1, 0.15) is 5.75 Å². The lowest BCUT2D eigenvalue weighted by Gasteiger charge is -2.31. The van der Waals surface area contributed by atoms with Crippen molar-refractivity contribution in [3.05, 3.63) is 23.8 Å². The van der Waals surface area contributed by atoms with E-state index < -0.39 is 0 Å². The minimum Gasteiger partial charge on any atom is -0.497 e.